The van der Waals surface area contributed by atoms with Gasteiger partial charge >= 0.3 is 0 Å². The topological polar surface area (TPSA) is 59.0 Å². The molecule has 1 aromatic heterocycles. The van der Waals surface area contributed by atoms with E-state index in [-0.39, 0.29) is 24.4 Å². The fourth-order valence-corrected chi connectivity index (χ4v) is 2.49. The molecule has 1 atom stereocenters. The molecule has 0 bridgehead atoms. The second kappa shape index (κ2) is 7.06. The number of aromatic nitrogens is 2. The third-order valence-corrected chi connectivity index (χ3v) is 3.86. The molecule has 5 nitrogen and oxygen atoms in total. The maximum absolute atomic E-state index is 12.1. The summed E-state index contributed by atoms with van der Waals surface area (Å²) in [6.45, 7) is 1.80. The quantitative estimate of drug-likeness (QED) is 0.869. The minimum Gasteiger partial charge on any atom is -0.348 e. The fraction of sp³-hybridized carbons (Fsp3) is 0.286. The number of benzene rings is 1. The summed E-state index contributed by atoms with van der Waals surface area (Å²) in [7, 11) is 0. The fourth-order valence-electron chi connectivity index (χ4n) is 2.22. The van der Waals surface area contributed by atoms with Crippen LogP contribution in [0, 0.1) is 0 Å². The molecule has 3 rings (SSSR count). The van der Waals surface area contributed by atoms with Crippen molar-refractivity contribution in [2.45, 2.75) is 12.5 Å². The third kappa shape index (κ3) is 3.84. The number of amides is 1. The van der Waals surface area contributed by atoms with Crippen LogP contribution < -0.4 is 10.6 Å². The second-order valence-electron chi connectivity index (χ2n) is 4.81. The molecule has 1 aliphatic heterocycles. The maximum atomic E-state index is 12.1. The molecule has 1 unspecified atom stereocenters. The number of hydrogen-bond donors (Lipinski definition) is 2. The highest BCUT2D eigenvalue weighted by Crippen LogP contribution is 2.14. The van der Waals surface area contributed by atoms with Crippen LogP contribution >= 0.6 is 28.3 Å². The maximum Gasteiger partial charge on any atom is 0.254 e. The lowest BCUT2D eigenvalue weighted by Gasteiger charge is -2.09. The van der Waals surface area contributed by atoms with Gasteiger partial charge in [0.15, 0.2) is 0 Å². The lowest BCUT2D eigenvalue weighted by Crippen LogP contribution is -2.36. The molecule has 112 valence electrons. The van der Waals surface area contributed by atoms with Gasteiger partial charge in [0, 0.05) is 23.3 Å². The third-order valence-electron chi connectivity index (χ3n) is 3.33. The van der Waals surface area contributed by atoms with Gasteiger partial charge in [0.25, 0.3) is 5.91 Å². The average Bonchev–Trinajstić information content (AvgIpc) is 3.10. The summed E-state index contributed by atoms with van der Waals surface area (Å²) < 4.78 is 2.72. The van der Waals surface area contributed by atoms with Crippen molar-refractivity contribution in [3.8, 4) is 5.69 Å². The van der Waals surface area contributed by atoms with Crippen LogP contribution in [0.5, 0.6) is 0 Å². The van der Waals surface area contributed by atoms with Gasteiger partial charge in [-0.3, -0.25) is 4.79 Å². The summed E-state index contributed by atoms with van der Waals surface area (Å²) >= 11 is 3.40. The number of nitrogens with zero attached hydrogens (tertiary/aromatic N) is 2. The molecule has 1 aliphatic rings. The summed E-state index contributed by atoms with van der Waals surface area (Å²) in [4.78, 5) is 12.1. The van der Waals surface area contributed by atoms with E-state index in [9.17, 15) is 4.79 Å². The molecule has 0 spiro atoms. The zero-order chi connectivity index (χ0) is 13.9. The Hall–Kier alpha value is -1.37. The number of halogens is 2. The first kappa shape index (κ1) is 16.0. The van der Waals surface area contributed by atoms with E-state index in [4.69, 9.17) is 0 Å². The highest BCUT2D eigenvalue weighted by molar-refractivity contribution is 9.10. The van der Waals surface area contributed by atoms with Crippen LogP contribution in [0.25, 0.3) is 5.69 Å². The van der Waals surface area contributed by atoms with Crippen molar-refractivity contribution in [2.75, 3.05) is 13.1 Å². The number of rotatable bonds is 3. The first-order valence-electron chi connectivity index (χ1n) is 6.54. The summed E-state index contributed by atoms with van der Waals surface area (Å²) in [6.07, 6.45) is 4.33. The Balaban J connectivity index is 0.00000161. The Morgan fingerprint density at radius 1 is 1.38 bits per heavy atom. The summed E-state index contributed by atoms with van der Waals surface area (Å²) in [5, 5.41) is 10.5. The second-order valence-corrected chi connectivity index (χ2v) is 5.73. The summed E-state index contributed by atoms with van der Waals surface area (Å²) in [5.74, 6) is -0.0675. The van der Waals surface area contributed by atoms with Gasteiger partial charge < -0.3 is 10.6 Å². The summed E-state index contributed by atoms with van der Waals surface area (Å²) in [6, 6.07) is 8.00. The molecule has 1 saturated heterocycles. The normalized spacial score (nSPS) is 17.3. The van der Waals surface area contributed by atoms with E-state index in [0.29, 0.717) is 5.56 Å². The van der Waals surface area contributed by atoms with Crippen LogP contribution in [0.2, 0.25) is 0 Å². The van der Waals surface area contributed by atoms with Crippen molar-refractivity contribution in [1.82, 2.24) is 20.4 Å². The molecule has 21 heavy (non-hydrogen) atoms. The number of nitrogens with one attached hydrogen (secondary N) is 2. The van der Waals surface area contributed by atoms with E-state index in [1.807, 2.05) is 24.3 Å². The molecule has 7 heteroatoms. The highest BCUT2D eigenvalue weighted by atomic mass is 79.9. The van der Waals surface area contributed by atoms with E-state index in [1.54, 1.807) is 17.1 Å². The standard InChI is InChI=1S/C14H15BrN4O.ClH/c15-11-1-3-13(4-2-11)19-9-10(7-17-19)14(20)18-12-5-6-16-8-12;/h1-4,7,9,12,16H,5-6,8H2,(H,18,20);1H. The van der Waals surface area contributed by atoms with Crippen molar-refractivity contribution >= 4 is 34.2 Å². The molecular weight excluding hydrogens is 356 g/mol. The minimum atomic E-state index is -0.0675. The molecule has 2 aromatic rings. The van der Waals surface area contributed by atoms with Gasteiger partial charge in [0.05, 0.1) is 17.4 Å². The largest absolute Gasteiger partial charge is 0.348 e. The predicted molar refractivity (Wildman–Crippen MR) is 87.3 cm³/mol. The van der Waals surface area contributed by atoms with Crippen molar-refractivity contribution < 1.29 is 4.79 Å². The van der Waals surface area contributed by atoms with Gasteiger partial charge in [-0.2, -0.15) is 5.10 Å². The van der Waals surface area contributed by atoms with Gasteiger partial charge in [-0.05, 0) is 37.2 Å². The van der Waals surface area contributed by atoms with E-state index in [0.717, 1.165) is 29.7 Å². The van der Waals surface area contributed by atoms with E-state index in [2.05, 4.69) is 31.7 Å². The van der Waals surface area contributed by atoms with Gasteiger partial charge in [-0.15, -0.1) is 12.4 Å². The number of carbonyl (C=O) groups excluding carboxylic acids is 1. The monoisotopic (exact) mass is 370 g/mol. The van der Waals surface area contributed by atoms with Gasteiger partial charge in [-0.1, -0.05) is 15.9 Å². The van der Waals surface area contributed by atoms with Crippen LogP contribution in [0.15, 0.2) is 41.1 Å². The molecule has 2 N–H and O–H groups in total. The molecule has 1 fully saturated rings. The Morgan fingerprint density at radius 2 is 2.14 bits per heavy atom. The highest BCUT2D eigenvalue weighted by Gasteiger charge is 2.18. The van der Waals surface area contributed by atoms with Crippen molar-refractivity contribution in [3.63, 3.8) is 0 Å². The first-order chi connectivity index (χ1) is 9.72. The lowest BCUT2D eigenvalue weighted by molar-refractivity contribution is 0.0940. The van der Waals surface area contributed by atoms with Crippen LogP contribution in [0.1, 0.15) is 16.8 Å². The number of hydrogen-bond acceptors (Lipinski definition) is 3. The Labute approximate surface area is 137 Å². The van der Waals surface area contributed by atoms with Crippen molar-refractivity contribution in [1.29, 1.82) is 0 Å². The van der Waals surface area contributed by atoms with Crippen molar-refractivity contribution in [2.24, 2.45) is 0 Å². The molecule has 2 heterocycles. The predicted octanol–water partition coefficient (Wildman–Crippen LogP) is 2.15. The van der Waals surface area contributed by atoms with Gasteiger partial charge in [0.2, 0.25) is 0 Å². The van der Waals surface area contributed by atoms with Crippen LogP contribution in [0.3, 0.4) is 0 Å². The first-order valence-corrected chi connectivity index (χ1v) is 7.34. The van der Waals surface area contributed by atoms with E-state index < -0.39 is 0 Å². The Kier molecular flexibility index (Phi) is 5.39. The number of carbonyl (C=O) groups is 1. The SMILES string of the molecule is Cl.O=C(NC1CCNC1)c1cnn(-c2ccc(Br)cc2)c1. The lowest BCUT2D eigenvalue weighted by atomic mass is 10.2. The molecule has 1 aromatic carbocycles. The summed E-state index contributed by atoms with van der Waals surface area (Å²) in [5.41, 5.74) is 1.51. The van der Waals surface area contributed by atoms with Crippen LogP contribution in [0.4, 0.5) is 0 Å². The minimum absolute atomic E-state index is 0. The zero-order valence-electron chi connectivity index (χ0n) is 11.3. The Morgan fingerprint density at radius 3 is 2.81 bits per heavy atom. The van der Waals surface area contributed by atoms with Crippen molar-refractivity contribution in [3.05, 3.63) is 46.7 Å². The van der Waals surface area contributed by atoms with Crippen LogP contribution in [-0.4, -0.2) is 34.8 Å². The smallest absolute Gasteiger partial charge is 0.254 e. The molecule has 0 saturated carbocycles. The average molecular weight is 372 g/mol. The van der Waals surface area contributed by atoms with Crippen LogP contribution in [-0.2, 0) is 0 Å². The van der Waals surface area contributed by atoms with Gasteiger partial charge in [-0.25, -0.2) is 4.68 Å². The molecule has 0 radical (unpaired) electrons. The zero-order valence-corrected chi connectivity index (χ0v) is 13.7. The molecule has 1 amide bonds. The molecule has 0 aliphatic carbocycles. The van der Waals surface area contributed by atoms with E-state index in [1.165, 1.54) is 0 Å². The van der Waals surface area contributed by atoms with Gasteiger partial charge in [0.1, 0.15) is 0 Å². The van der Waals surface area contributed by atoms with E-state index >= 15 is 0 Å². The Bertz CT molecular complexity index is 608. The molecular formula is C14H16BrClN4O.